The Bertz CT molecular complexity index is 542. The second-order valence-electron chi connectivity index (χ2n) is 6.74. The van der Waals surface area contributed by atoms with E-state index >= 15 is 0 Å². The number of non-ortho nitro benzene ring substituents is 1. The van der Waals surface area contributed by atoms with E-state index in [1.165, 1.54) is 30.4 Å². The first-order valence-electron chi connectivity index (χ1n) is 7.50. The van der Waals surface area contributed by atoms with Crippen LogP contribution in [0.25, 0.3) is 0 Å². The quantitative estimate of drug-likeness (QED) is 0.668. The number of rotatable bonds is 2. The summed E-state index contributed by atoms with van der Waals surface area (Å²) in [6, 6.07) is 5.88. The molecule has 3 rings (SSSR count). The van der Waals surface area contributed by atoms with E-state index in [1.54, 1.807) is 12.1 Å². The highest BCUT2D eigenvalue weighted by atomic mass is 16.6. The van der Waals surface area contributed by atoms with Gasteiger partial charge in [-0.1, -0.05) is 12.5 Å². The van der Waals surface area contributed by atoms with Crippen molar-refractivity contribution in [2.75, 3.05) is 6.54 Å². The Kier molecular flexibility index (Phi) is 4.35. The maximum atomic E-state index is 10.9. The second kappa shape index (κ2) is 5.73. The molecule has 1 aliphatic carbocycles. The zero-order valence-electron chi connectivity index (χ0n) is 13.0. The maximum Gasteiger partial charge on any atom is 0.269 e. The van der Waals surface area contributed by atoms with Gasteiger partial charge < -0.3 is 6.15 Å². The summed E-state index contributed by atoms with van der Waals surface area (Å²) in [6.07, 6.45) is 5.84. The summed E-state index contributed by atoms with van der Waals surface area (Å²) in [6.45, 7) is 5.82. The van der Waals surface area contributed by atoms with E-state index < -0.39 is 0 Å². The van der Waals surface area contributed by atoms with Crippen molar-refractivity contribution in [1.82, 2.24) is 11.1 Å². The summed E-state index contributed by atoms with van der Waals surface area (Å²) >= 11 is 0. The molecule has 1 atom stereocenters. The van der Waals surface area contributed by atoms with E-state index in [4.69, 9.17) is 0 Å². The Labute approximate surface area is 126 Å². The molecule has 0 aromatic heterocycles. The molecule has 0 saturated carbocycles. The van der Waals surface area contributed by atoms with Crippen LogP contribution in [0.15, 0.2) is 18.2 Å². The van der Waals surface area contributed by atoms with Crippen LogP contribution in [0.1, 0.15) is 44.2 Å². The average Bonchev–Trinajstić information content (AvgIpc) is 2.80. The summed E-state index contributed by atoms with van der Waals surface area (Å²) in [7, 11) is 0. The number of piperidine rings is 1. The van der Waals surface area contributed by atoms with Crippen LogP contribution < -0.4 is 6.15 Å². The number of nitrogens with zero attached hydrogens (tertiary/aromatic N) is 2. The van der Waals surface area contributed by atoms with E-state index in [0.717, 1.165) is 19.4 Å². The normalized spacial score (nSPS) is 24.2. The Morgan fingerprint density at radius 2 is 1.95 bits per heavy atom. The SMILES string of the molecule is CC1(C)CCCCN1C1Cc2ccc([N+](=O)[O-])cc2C1.N. The summed E-state index contributed by atoms with van der Waals surface area (Å²) in [4.78, 5) is 13.2. The average molecular weight is 291 g/mol. The highest BCUT2D eigenvalue weighted by Gasteiger charge is 2.37. The fourth-order valence-electron chi connectivity index (χ4n) is 3.88. The molecule has 0 radical (unpaired) electrons. The van der Waals surface area contributed by atoms with Crippen LogP contribution in [0.4, 0.5) is 5.69 Å². The van der Waals surface area contributed by atoms with Gasteiger partial charge in [-0.05, 0) is 57.2 Å². The Morgan fingerprint density at radius 1 is 1.24 bits per heavy atom. The molecule has 3 N–H and O–H groups in total. The minimum atomic E-state index is -0.293. The smallest absolute Gasteiger partial charge is 0.269 e. The molecule has 1 aromatic carbocycles. The van der Waals surface area contributed by atoms with E-state index in [-0.39, 0.29) is 22.3 Å². The Morgan fingerprint density at radius 3 is 2.62 bits per heavy atom. The molecular formula is C16H25N3O2. The first-order valence-corrected chi connectivity index (χ1v) is 7.50. The van der Waals surface area contributed by atoms with Crippen molar-refractivity contribution >= 4 is 5.69 Å². The molecule has 1 heterocycles. The molecule has 1 aromatic rings. The lowest BCUT2D eigenvalue weighted by atomic mass is 9.88. The minimum absolute atomic E-state index is 0. The van der Waals surface area contributed by atoms with Gasteiger partial charge in [-0.3, -0.25) is 15.0 Å². The lowest BCUT2D eigenvalue weighted by Crippen LogP contribution is -2.53. The molecule has 116 valence electrons. The second-order valence-corrected chi connectivity index (χ2v) is 6.74. The summed E-state index contributed by atoms with van der Waals surface area (Å²) in [5, 5.41) is 10.9. The largest absolute Gasteiger partial charge is 0.344 e. The predicted octanol–water partition coefficient (Wildman–Crippen LogP) is 3.49. The molecule has 2 aliphatic rings. The summed E-state index contributed by atoms with van der Waals surface area (Å²) in [5.41, 5.74) is 2.95. The monoisotopic (exact) mass is 291 g/mol. The van der Waals surface area contributed by atoms with Crippen LogP contribution in [0.5, 0.6) is 0 Å². The molecule has 5 heteroatoms. The van der Waals surface area contributed by atoms with Gasteiger partial charge in [-0.15, -0.1) is 0 Å². The zero-order chi connectivity index (χ0) is 14.3. The van der Waals surface area contributed by atoms with Gasteiger partial charge in [0, 0.05) is 23.7 Å². The fraction of sp³-hybridized carbons (Fsp3) is 0.625. The van der Waals surface area contributed by atoms with Crippen LogP contribution in [0, 0.1) is 10.1 Å². The first kappa shape index (κ1) is 15.9. The number of fused-ring (bicyclic) bond motifs is 1. The summed E-state index contributed by atoms with van der Waals surface area (Å²) < 4.78 is 0. The van der Waals surface area contributed by atoms with Gasteiger partial charge in [0.25, 0.3) is 5.69 Å². The molecule has 5 nitrogen and oxygen atoms in total. The van der Waals surface area contributed by atoms with Crippen LogP contribution in [0.2, 0.25) is 0 Å². The molecule has 0 amide bonds. The number of hydrogen-bond donors (Lipinski definition) is 1. The van der Waals surface area contributed by atoms with Crippen molar-refractivity contribution < 1.29 is 4.92 Å². The molecular weight excluding hydrogens is 266 g/mol. The van der Waals surface area contributed by atoms with E-state index in [9.17, 15) is 10.1 Å². The zero-order valence-corrected chi connectivity index (χ0v) is 13.0. The molecule has 21 heavy (non-hydrogen) atoms. The van der Waals surface area contributed by atoms with Gasteiger partial charge in [0.15, 0.2) is 0 Å². The summed E-state index contributed by atoms with van der Waals surface area (Å²) in [5.74, 6) is 0. The molecule has 1 saturated heterocycles. The van der Waals surface area contributed by atoms with Gasteiger partial charge in [0.1, 0.15) is 0 Å². The molecule has 0 spiro atoms. The van der Waals surface area contributed by atoms with Crippen LogP contribution >= 0.6 is 0 Å². The minimum Gasteiger partial charge on any atom is -0.344 e. The Hall–Kier alpha value is -1.46. The van der Waals surface area contributed by atoms with Crippen LogP contribution in [-0.4, -0.2) is 27.9 Å². The van der Waals surface area contributed by atoms with E-state index in [2.05, 4.69) is 18.7 Å². The van der Waals surface area contributed by atoms with E-state index in [1.807, 2.05) is 6.07 Å². The van der Waals surface area contributed by atoms with E-state index in [0.29, 0.717) is 6.04 Å². The highest BCUT2D eigenvalue weighted by molar-refractivity contribution is 5.43. The maximum absolute atomic E-state index is 10.9. The molecule has 1 aliphatic heterocycles. The van der Waals surface area contributed by atoms with Crippen molar-refractivity contribution in [2.24, 2.45) is 0 Å². The third-order valence-corrected chi connectivity index (χ3v) is 4.97. The van der Waals surface area contributed by atoms with Crippen molar-refractivity contribution in [3.05, 3.63) is 39.4 Å². The standard InChI is InChI=1S/C16H22N2O2.H3N/c1-16(2)7-3-4-8-17(16)15-9-12-5-6-14(18(19)20)10-13(12)11-15;/h5-6,10,15H,3-4,7-9,11H2,1-2H3;1H3. The highest BCUT2D eigenvalue weighted by Crippen LogP contribution is 2.35. The third kappa shape index (κ3) is 2.94. The number of nitro benzene ring substituents is 1. The van der Waals surface area contributed by atoms with Crippen molar-refractivity contribution in [3.63, 3.8) is 0 Å². The fourth-order valence-corrected chi connectivity index (χ4v) is 3.88. The van der Waals surface area contributed by atoms with Gasteiger partial charge >= 0.3 is 0 Å². The van der Waals surface area contributed by atoms with Crippen molar-refractivity contribution in [1.29, 1.82) is 0 Å². The third-order valence-electron chi connectivity index (χ3n) is 4.97. The van der Waals surface area contributed by atoms with Gasteiger partial charge in [0.2, 0.25) is 0 Å². The predicted molar refractivity (Wildman–Crippen MR) is 84.0 cm³/mol. The number of likely N-dealkylation sites (tertiary alicyclic amines) is 1. The van der Waals surface area contributed by atoms with Crippen LogP contribution in [0.3, 0.4) is 0 Å². The van der Waals surface area contributed by atoms with Gasteiger partial charge in [-0.2, -0.15) is 0 Å². The van der Waals surface area contributed by atoms with Crippen molar-refractivity contribution in [3.8, 4) is 0 Å². The van der Waals surface area contributed by atoms with Crippen LogP contribution in [-0.2, 0) is 12.8 Å². The first-order chi connectivity index (χ1) is 9.47. The lowest BCUT2D eigenvalue weighted by Gasteiger charge is -2.46. The van der Waals surface area contributed by atoms with Gasteiger partial charge in [-0.25, -0.2) is 0 Å². The van der Waals surface area contributed by atoms with Gasteiger partial charge in [0.05, 0.1) is 4.92 Å². The molecule has 1 unspecified atom stereocenters. The number of nitro groups is 1. The van der Waals surface area contributed by atoms with Crippen molar-refractivity contribution in [2.45, 2.75) is 57.5 Å². The topological polar surface area (TPSA) is 81.4 Å². The number of hydrogen-bond acceptors (Lipinski definition) is 4. The molecule has 0 bridgehead atoms. The Balaban J connectivity index is 0.00000161. The lowest BCUT2D eigenvalue weighted by molar-refractivity contribution is -0.384. The number of benzene rings is 1. The molecule has 1 fully saturated rings.